The van der Waals surface area contributed by atoms with E-state index in [1.54, 1.807) is 24.3 Å². The van der Waals surface area contributed by atoms with Crippen LogP contribution in [0.3, 0.4) is 0 Å². The van der Waals surface area contributed by atoms with Gasteiger partial charge in [-0.05, 0) is 30.7 Å². The number of aromatic nitrogens is 1. The highest BCUT2D eigenvalue weighted by Gasteiger charge is 2.34. The number of carbonyl (C=O) groups is 2. The van der Waals surface area contributed by atoms with Gasteiger partial charge in [-0.1, -0.05) is 12.1 Å². The van der Waals surface area contributed by atoms with Crippen LogP contribution >= 0.6 is 0 Å². The SMILES string of the molecule is CCOc1ccc2c(n1)C(=O)C(C(=O)NCc1cccc(F)c1)CN2. The van der Waals surface area contributed by atoms with E-state index < -0.39 is 11.8 Å². The minimum Gasteiger partial charge on any atom is -0.478 e. The highest BCUT2D eigenvalue weighted by atomic mass is 19.1. The largest absolute Gasteiger partial charge is 0.478 e. The van der Waals surface area contributed by atoms with E-state index in [2.05, 4.69) is 15.6 Å². The Morgan fingerprint density at radius 1 is 1.40 bits per heavy atom. The van der Waals surface area contributed by atoms with Gasteiger partial charge in [0.05, 0.1) is 12.3 Å². The molecular formula is C18H18FN3O3. The second kappa shape index (κ2) is 7.29. The maximum absolute atomic E-state index is 13.2. The van der Waals surface area contributed by atoms with Crippen molar-refractivity contribution < 1.29 is 18.7 Å². The van der Waals surface area contributed by atoms with Gasteiger partial charge in [-0.3, -0.25) is 9.59 Å². The summed E-state index contributed by atoms with van der Waals surface area (Å²) in [6.07, 6.45) is 0. The number of fused-ring (bicyclic) bond motifs is 1. The van der Waals surface area contributed by atoms with E-state index in [9.17, 15) is 14.0 Å². The third kappa shape index (κ3) is 3.76. The predicted molar refractivity (Wildman–Crippen MR) is 90.0 cm³/mol. The summed E-state index contributed by atoms with van der Waals surface area (Å²) in [5.41, 5.74) is 1.41. The van der Waals surface area contributed by atoms with Gasteiger partial charge in [-0.25, -0.2) is 9.37 Å². The molecule has 2 aromatic rings. The monoisotopic (exact) mass is 343 g/mol. The van der Waals surface area contributed by atoms with E-state index in [0.29, 0.717) is 23.7 Å². The standard InChI is InChI=1S/C18H18FN3O3/c1-2-25-15-7-6-14-16(22-15)17(23)13(10-20-14)18(24)21-9-11-4-3-5-12(19)8-11/h3-8,13,20H,2,9-10H2,1H3,(H,21,24). The number of hydrogen-bond acceptors (Lipinski definition) is 5. The lowest BCUT2D eigenvalue weighted by atomic mass is 9.95. The lowest BCUT2D eigenvalue weighted by Crippen LogP contribution is -2.42. The molecule has 0 spiro atoms. The summed E-state index contributed by atoms with van der Waals surface area (Å²) in [4.78, 5) is 29.1. The molecule has 1 unspecified atom stereocenters. The number of Topliss-reactive ketones (excluding diaryl/α,β-unsaturated/α-hetero) is 1. The Hall–Kier alpha value is -2.96. The van der Waals surface area contributed by atoms with Crippen LogP contribution in [0, 0.1) is 11.7 Å². The van der Waals surface area contributed by atoms with Crippen molar-refractivity contribution in [2.24, 2.45) is 5.92 Å². The number of anilines is 1. The number of carbonyl (C=O) groups excluding carboxylic acids is 2. The zero-order chi connectivity index (χ0) is 17.8. The van der Waals surface area contributed by atoms with Crippen LogP contribution in [-0.4, -0.2) is 29.8 Å². The second-order valence-electron chi connectivity index (χ2n) is 5.62. The summed E-state index contributed by atoms with van der Waals surface area (Å²) in [7, 11) is 0. The molecule has 1 aliphatic rings. The lowest BCUT2D eigenvalue weighted by Gasteiger charge is -2.23. The Balaban J connectivity index is 1.70. The van der Waals surface area contributed by atoms with Gasteiger partial charge in [0, 0.05) is 19.2 Å². The molecule has 2 N–H and O–H groups in total. The quantitative estimate of drug-likeness (QED) is 0.813. The zero-order valence-electron chi connectivity index (χ0n) is 13.7. The van der Waals surface area contributed by atoms with E-state index in [1.807, 2.05) is 6.92 Å². The number of nitrogens with zero attached hydrogens (tertiary/aromatic N) is 1. The molecule has 0 bridgehead atoms. The van der Waals surface area contributed by atoms with Crippen molar-refractivity contribution in [3.8, 4) is 5.88 Å². The van der Waals surface area contributed by atoms with Crippen LogP contribution in [0.25, 0.3) is 0 Å². The summed E-state index contributed by atoms with van der Waals surface area (Å²) < 4.78 is 18.5. The van der Waals surface area contributed by atoms with E-state index in [1.165, 1.54) is 12.1 Å². The molecule has 130 valence electrons. The molecule has 2 heterocycles. The normalized spacial score (nSPS) is 15.9. The molecule has 0 saturated carbocycles. The number of benzene rings is 1. The molecule has 0 aliphatic carbocycles. The topological polar surface area (TPSA) is 80.3 Å². The first-order valence-corrected chi connectivity index (χ1v) is 8.02. The first-order valence-electron chi connectivity index (χ1n) is 8.02. The van der Waals surface area contributed by atoms with Gasteiger partial charge in [0.1, 0.15) is 17.4 Å². The van der Waals surface area contributed by atoms with Crippen molar-refractivity contribution in [2.45, 2.75) is 13.5 Å². The summed E-state index contributed by atoms with van der Waals surface area (Å²) in [5, 5.41) is 5.71. The molecule has 1 amide bonds. The highest BCUT2D eigenvalue weighted by molar-refractivity contribution is 6.13. The van der Waals surface area contributed by atoms with E-state index in [-0.39, 0.29) is 30.4 Å². The molecule has 3 rings (SSSR count). The fourth-order valence-electron chi connectivity index (χ4n) is 2.64. The molecule has 0 radical (unpaired) electrons. The Labute approximate surface area is 144 Å². The highest BCUT2D eigenvalue weighted by Crippen LogP contribution is 2.25. The summed E-state index contributed by atoms with van der Waals surface area (Å²) >= 11 is 0. The van der Waals surface area contributed by atoms with Gasteiger partial charge in [0.15, 0.2) is 5.78 Å². The van der Waals surface area contributed by atoms with E-state index in [4.69, 9.17) is 4.74 Å². The first-order chi connectivity index (χ1) is 12.1. The molecule has 0 saturated heterocycles. The van der Waals surface area contributed by atoms with Crippen LogP contribution in [0.15, 0.2) is 36.4 Å². The maximum atomic E-state index is 13.2. The van der Waals surface area contributed by atoms with Crippen molar-refractivity contribution in [2.75, 3.05) is 18.5 Å². The fourth-order valence-corrected chi connectivity index (χ4v) is 2.64. The molecule has 1 aromatic carbocycles. The van der Waals surface area contributed by atoms with Crippen molar-refractivity contribution >= 4 is 17.4 Å². The van der Waals surface area contributed by atoms with Crippen LogP contribution in [0.1, 0.15) is 23.0 Å². The van der Waals surface area contributed by atoms with Crippen molar-refractivity contribution in [3.05, 3.63) is 53.5 Å². The number of ether oxygens (including phenoxy) is 1. The third-order valence-corrected chi connectivity index (χ3v) is 3.88. The number of nitrogens with one attached hydrogen (secondary N) is 2. The maximum Gasteiger partial charge on any atom is 0.233 e. The van der Waals surface area contributed by atoms with Gasteiger partial charge >= 0.3 is 0 Å². The molecule has 25 heavy (non-hydrogen) atoms. The Morgan fingerprint density at radius 3 is 3.00 bits per heavy atom. The summed E-state index contributed by atoms with van der Waals surface area (Å²) in [6, 6.07) is 9.33. The van der Waals surface area contributed by atoms with Crippen LogP contribution < -0.4 is 15.4 Å². The molecule has 6 nitrogen and oxygen atoms in total. The number of ketones is 1. The van der Waals surface area contributed by atoms with E-state index >= 15 is 0 Å². The first kappa shape index (κ1) is 16.9. The van der Waals surface area contributed by atoms with Crippen LogP contribution in [0.4, 0.5) is 10.1 Å². The second-order valence-corrected chi connectivity index (χ2v) is 5.62. The summed E-state index contributed by atoms with van der Waals surface area (Å²) in [6.45, 7) is 2.60. The van der Waals surface area contributed by atoms with Gasteiger partial charge in [-0.2, -0.15) is 0 Å². The van der Waals surface area contributed by atoms with E-state index in [0.717, 1.165) is 0 Å². The minimum atomic E-state index is -0.884. The minimum absolute atomic E-state index is 0.152. The fraction of sp³-hybridized carbons (Fsp3) is 0.278. The van der Waals surface area contributed by atoms with Gasteiger partial charge in [0.25, 0.3) is 0 Å². The molecular weight excluding hydrogens is 325 g/mol. The lowest BCUT2D eigenvalue weighted by molar-refractivity contribution is -0.123. The average Bonchev–Trinajstić information content (AvgIpc) is 2.61. The number of rotatable bonds is 5. The van der Waals surface area contributed by atoms with Crippen LogP contribution in [0.5, 0.6) is 5.88 Å². The smallest absolute Gasteiger partial charge is 0.233 e. The number of pyridine rings is 1. The number of amides is 1. The van der Waals surface area contributed by atoms with Crippen LogP contribution in [0.2, 0.25) is 0 Å². The Kier molecular flexibility index (Phi) is 4.92. The summed E-state index contributed by atoms with van der Waals surface area (Å²) in [5.74, 6) is -1.69. The zero-order valence-corrected chi connectivity index (χ0v) is 13.7. The molecule has 7 heteroatoms. The van der Waals surface area contributed by atoms with Crippen molar-refractivity contribution in [3.63, 3.8) is 0 Å². The Bertz CT molecular complexity index is 810. The number of halogens is 1. The van der Waals surface area contributed by atoms with Crippen LogP contribution in [-0.2, 0) is 11.3 Å². The predicted octanol–water partition coefficient (Wildman–Crippen LogP) is 2.16. The van der Waals surface area contributed by atoms with Crippen molar-refractivity contribution in [1.29, 1.82) is 0 Å². The molecule has 0 fully saturated rings. The van der Waals surface area contributed by atoms with Gasteiger partial charge < -0.3 is 15.4 Å². The van der Waals surface area contributed by atoms with Gasteiger partial charge in [-0.15, -0.1) is 0 Å². The molecule has 1 aromatic heterocycles. The molecule has 1 aliphatic heterocycles. The van der Waals surface area contributed by atoms with Crippen molar-refractivity contribution in [1.82, 2.24) is 10.3 Å². The average molecular weight is 343 g/mol. The van der Waals surface area contributed by atoms with Gasteiger partial charge in [0.2, 0.25) is 11.8 Å². The Morgan fingerprint density at radius 2 is 2.24 bits per heavy atom. The number of hydrogen-bond donors (Lipinski definition) is 2. The third-order valence-electron chi connectivity index (χ3n) is 3.88. The molecule has 1 atom stereocenters.